The fourth-order valence-corrected chi connectivity index (χ4v) is 4.13. The first-order valence-electron chi connectivity index (χ1n) is 5.27. The van der Waals surface area contributed by atoms with E-state index < -0.39 is 8.56 Å². The van der Waals surface area contributed by atoms with E-state index in [1.165, 1.54) is 0 Å². The van der Waals surface area contributed by atoms with E-state index in [1.807, 2.05) is 36.4 Å². The third-order valence-corrected chi connectivity index (χ3v) is 5.67. The van der Waals surface area contributed by atoms with Crippen LogP contribution in [0.15, 0.2) is 48.8 Å². The van der Waals surface area contributed by atoms with Gasteiger partial charge in [0.05, 0.1) is 10.6 Å². The molecular formula is C12H14N2O2Si. The van der Waals surface area contributed by atoms with Crippen LogP contribution in [-0.2, 0) is 8.85 Å². The van der Waals surface area contributed by atoms with Crippen LogP contribution in [0.3, 0.4) is 0 Å². The number of pyridine rings is 2. The molecule has 17 heavy (non-hydrogen) atoms. The second kappa shape index (κ2) is 5.18. The molecule has 5 heteroatoms. The van der Waals surface area contributed by atoms with Gasteiger partial charge >= 0.3 is 8.56 Å². The van der Waals surface area contributed by atoms with Gasteiger partial charge in [0.2, 0.25) is 0 Å². The highest BCUT2D eigenvalue weighted by Gasteiger charge is 2.43. The summed E-state index contributed by atoms with van der Waals surface area (Å²) in [6, 6.07) is 11.4. The van der Waals surface area contributed by atoms with Crippen molar-refractivity contribution < 1.29 is 8.85 Å². The lowest BCUT2D eigenvalue weighted by Gasteiger charge is -2.25. The van der Waals surface area contributed by atoms with Crippen LogP contribution in [0.5, 0.6) is 0 Å². The van der Waals surface area contributed by atoms with Crippen molar-refractivity contribution in [3.8, 4) is 0 Å². The van der Waals surface area contributed by atoms with Crippen molar-refractivity contribution in [2.45, 2.75) is 0 Å². The summed E-state index contributed by atoms with van der Waals surface area (Å²) in [5.41, 5.74) is 0. The van der Waals surface area contributed by atoms with Crippen LogP contribution in [-0.4, -0.2) is 32.7 Å². The highest BCUT2D eigenvalue weighted by Crippen LogP contribution is 2.04. The molecule has 0 aromatic carbocycles. The van der Waals surface area contributed by atoms with Crippen LogP contribution >= 0.6 is 0 Å². The van der Waals surface area contributed by atoms with Crippen molar-refractivity contribution in [2.75, 3.05) is 14.2 Å². The molecule has 2 heterocycles. The molecule has 0 saturated heterocycles. The first-order valence-corrected chi connectivity index (χ1v) is 7.08. The highest BCUT2D eigenvalue weighted by atomic mass is 28.4. The van der Waals surface area contributed by atoms with E-state index in [1.54, 1.807) is 26.6 Å². The Morgan fingerprint density at radius 3 is 1.59 bits per heavy atom. The van der Waals surface area contributed by atoms with Crippen molar-refractivity contribution in [3.05, 3.63) is 48.8 Å². The third kappa shape index (κ3) is 2.12. The Labute approximate surface area is 102 Å². The fourth-order valence-electron chi connectivity index (χ4n) is 1.75. The SMILES string of the molecule is CO[Si](OC)(c1ccccn1)c1ccccn1. The maximum absolute atomic E-state index is 5.65. The summed E-state index contributed by atoms with van der Waals surface area (Å²) in [5, 5.41) is 1.62. The molecule has 2 aromatic rings. The number of hydrogen-bond donors (Lipinski definition) is 0. The van der Waals surface area contributed by atoms with E-state index in [0.29, 0.717) is 0 Å². The first-order chi connectivity index (χ1) is 8.33. The van der Waals surface area contributed by atoms with E-state index in [9.17, 15) is 0 Å². The second-order valence-electron chi connectivity index (χ2n) is 3.45. The molecule has 0 atom stereocenters. The van der Waals surface area contributed by atoms with Crippen molar-refractivity contribution in [3.63, 3.8) is 0 Å². The maximum atomic E-state index is 5.65. The molecule has 88 valence electrons. The predicted octanol–water partition coefficient (Wildman–Crippen LogP) is 0.326. The van der Waals surface area contributed by atoms with Gasteiger partial charge in [-0.3, -0.25) is 9.97 Å². The van der Waals surface area contributed by atoms with Gasteiger partial charge < -0.3 is 8.85 Å². The van der Waals surface area contributed by atoms with Crippen LogP contribution in [0, 0.1) is 0 Å². The summed E-state index contributed by atoms with van der Waals surface area (Å²) >= 11 is 0. The van der Waals surface area contributed by atoms with E-state index in [2.05, 4.69) is 9.97 Å². The van der Waals surface area contributed by atoms with Gasteiger partial charge in [0.15, 0.2) is 0 Å². The van der Waals surface area contributed by atoms with Crippen LogP contribution in [0.1, 0.15) is 0 Å². The zero-order valence-electron chi connectivity index (χ0n) is 9.83. The van der Waals surface area contributed by atoms with Crippen LogP contribution < -0.4 is 10.6 Å². The molecule has 4 nitrogen and oxygen atoms in total. The highest BCUT2D eigenvalue weighted by molar-refractivity contribution is 6.91. The molecule has 0 unspecified atom stereocenters. The molecule has 0 aliphatic carbocycles. The Hall–Kier alpha value is -1.56. The third-order valence-electron chi connectivity index (χ3n) is 2.58. The lowest BCUT2D eigenvalue weighted by molar-refractivity contribution is 0.270. The lowest BCUT2D eigenvalue weighted by Crippen LogP contribution is -2.64. The van der Waals surface area contributed by atoms with E-state index in [0.717, 1.165) is 10.6 Å². The van der Waals surface area contributed by atoms with Crippen molar-refractivity contribution in [1.29, 1.82) is 0 Å². The van der Waals surface area contributed by atoms with Gasteiger partial charge in [-0.15, -0.1) is 0 Å². The summed E-state index contributed by atoms with van der Waals surface area (Å²) in [6.07, 6.45) is 3.47. The zero-order valence-corrected chi connectivity index (χ0v) is 10.8. The summed E-state index contributed by atoms with van der Waals surface area (Å²) < 4.78 is 11.3. The minimum Gasteiger partial charge on any atom is -0.389 e. The Balaban J connectivity index is 2.54. The lowest BCUT2D eigenvalue weighted by atomic mass is 10.5. The minimum absolute atomic E-state index is 0.809. The van der Waals surface area contributed by atoms with Gasteiger partial charge in [-0.2, -0.15) is 0 Å². The Morgan fingerprint density at radius 1 is 0.824 bits per heavy atom. The van der Waals surface area contributed by atoms with Gasteiger partial charge in [-0.25, -0.2) is 0 Å². The normalized spacial score (nSPS) is 11.4. The first kappa shape index (κ1) is 11.9. The monoisotopic (exact) mass is 246 g/mol. The molecule has 0 bridgehead atoms. The van der Waals surface area contributed by atoms with Gasteiger partial charge in [-0.05, 0) is 24.3 Å². The fraction of sp³-hybridized carbons (Fsp3) is 0.167. The summed E-state index contributed by atoms with van der Waals surface area (Å²) in [5.74, 6) is 0. The van der Waals surface area contributed by atoms with Gasteiger partial charge in [-0.1, -0.05) is 12.1 Å². The predicted molar refractivity (Wildman–Crippen MR) is 67.5 cm³/mol. The second-order valence-corrected chi connectivity index (χ2v) is 6.53. The average molecular weight is 246 g/mol. The molecule has 0 aliphatic heterocycles. The summed E-state index contributed by atoms with van der Waals surface area (Å²) in [6.45, 7) is 0. The van der Waals surface area contributed by atoms with Crippen molar-refractivity contribution in [1.82, 2.24) is 9.97 Å². The van der Waals surface area contributed by atoms with Crippen LogP contribution in [0.2, 0.25) is 0 Å². The molecule has 0 saturated carbocycles. The Bertz CT molecular complexity index is 419. The van der Waals surface area contributed by atoms with Crippen LogP contribution in [0.4, 0.5) is 0 Å². The quantitative estimate of drug-likeness (QED) is 0.729. The number of nitrogens with zero attached hydrogens (tertiary/aromatic N) is 2. The number of rotatable bonds is 4. The van der Waals surface area contributed by atoms with Gasteiger partial charge in [0.1, 0.15) is 0 Å². The molecule has 0 spiro atoms. The minimum atomic E-state index is -2.72. The van der Waals surface area contributed by atoms with Crippen molar-refractivity contribution >= 4 is 19.2 Å². The van der Waals surface area contributed by atoms with E-state index >= 15 is 0 Å². The number of hydrogen-bond acceptors (Lipinski definition) is 4. The molecule has 0 amide bonds. The van der Waals surface area contributed by atoms with Crippen molar-refractivity contribution in [2.24, 2.45) is 0 Å². The van der Waals surface area contributed by atoms with Gasteiger partial charge in [0, 0.05) is 26.6 Å². The number of aromatic nitrogens is 2. The molecule has 2 rings (SSSR count). The zero-order chi connectivity index (χ0) is 12.1. The molecule has 0 N–H and O–H groups in total. The standard InChI is InChI=1S/C12H14N2O2Si/c1-15-17(16-2,11-7-3-5-9-13-11)12-8-4-6-10-14-12/h3-10H,1-2H3. The molecular weight excluding hydrogens is 232 g/mol. The molecule has 2 aromatic heterocycles. The summed E-state index contributed by atoms with van der Waals surface area (Å²) in [4.78, 5) is 8.68. The topological polar surface area (TPSA) is 44.2 Å². The molecule has 0 fully saturated rings. The molecule has 0 aliphatic rings. The Kier molecular flexibility index (Phi) is 3.63. The largest absolute Gasteiger partial charge is 0.444 e. The molecule has 0 radical (unpaired) electrons. The van der Waals surface area contributed by atoms with Gasteiger partial charge in [0.25, 0.3) is 0 Å². The maximum Gasteiger partial charge on any atom is 0.444 e. The smallest absolute Gasteiger partial charge is 0.389 e. The van der Waals surface area contributed by atoms with Crippen LogP contribution in [0.25, 0.3) is 0 Å². The Morgan fingerprint density at radius 2 is 1.29 bits per heavy atom. The van der Waals surface area contributed by atoms with E-state index in [-0.39, 0.29) is 0 Å². The van der Waals surface area contributed by atoms with E-state index in [4.69, 9.17) is 8.85 Å². The average Bonchev–Trinajstić information content (AvgIpc) is 2.43. The summed E-state index contributed by atoms with van der Waals surface area (Å²) in [7, 11) is 0.558.